The number of benzene rings is 4. The van der Waals surface area contributed by atoms with Crippen molar-refractivity contribution in [1.82, 2.24) is 10.2 Å². The Hall–Kier alpha value is -2.59. The van der Waals surface area contributed by atoms with Gasteiger partial charge in [-0.1, -0.05) is 85.7 Å². The summed E-state index contributed by atoms with van der Waals surface area (Å²) in [7, 11) is 3.40. The summed E-state index contributed by atoms with van der Waals surface area (Å²) in [6.07, 6.45) is 5.56. The van der Waals surface area contributed by atoms with Gasteiger partial charge in [0.05, 0.1) is 26.4 Å². The molecule has 1 saturated heterocycles. The van der Waals surface area contributed by atoms with Gasteiger partial charge in [-0.25, -0.2) is 0 Å². The molecule has 1 fully saturated rings. The van der Waals surface area contributed by atoms with Crippen LogP contribution in [-0.2, 0) is 32.2 Å². The van der Waals surface area contributed by atoms with E-state index in [0.29, 0.717) is 11.6 Å². The second kappa shape index (κ2) is 17.3. The maximum absolute atomic E-state index is 11.9. The number of hydrogen-bond donors (Lipinski definition) is 2. The maximum atomic E-state index is 11.9. The van der Waals surface area contributed by atoms with Crippen molar-refractivity contribution in [2.75, 3.05) is 27.3 Å². The zero-order valence-corrected chi connectivity index (χ0v) is 33.1. The summed E-state index contributed by atoms with van der Waals surface area (Å²) in [5.74, 6) is 2.52. The third-order valence-electron chi connectivity index (χ3n) is 9.96. The standard InChI is InChI=1S/C40H43Br2Cl2N3O3/c1-49-37-18-14-28(41)21-25(37)12-16-30-27(7-5-9-33(30)43)24-47-20-4-3-11-36(47)39(48)35-23-45-40(46-35)32-8-6-10-34(44)31(32)17-13-26-22-29(42)15-19-38(26)50-2/h5-10,14-15,18-19,21-22,35-36,39,48H,3-4,11-13,16-17,20,23-24H2,1-2H3,(H,45,46). The van der Waals surface area contributed by atoms with Gasteiger partial charge in [0.1, 0.15) is 17.3 Å². The molecule has 264 valence electrons. The monoisotopic (exact) mass is 841 g/mol. The highest BCUT2D eigenvalue weighted by Crippen LogP contribution is 2.32. The number of ether oxygens (including phenoxy) is 2. The van der Waals surface area contributed by atoms with Gasteiger partial charge in [-0.2, -0.15) is 0 Å². The van der Waals surface area contributed by atoms with Crippen LogP contribution in [-0.4, -0.2) is 61.3 Å². The van der Waals surface area contributed by atoms with E-state index in [-0.39, 0.29) is 12.1 Å². The molecular formula is C40H43Br2Cl2N3O3. The summed E-state index contributed by atoms with van der Waals surface area (Å²) in [4.78, 5) is 7.54. The molecule has 4 aromatic carbocycles. The van der Waals surface area contributed by atoms with Crippen molar-refractivity contribution >= 4 is 60.9 Å². The number of methoxy groups -OCH3 is 2. The zero-order valence-electron chi connectivity index (χ0n) is 28.4. The van der Waals surface area contributed by atoms with Crippen LogP contribution in [0.5, 0.6) is 11.5 Å². The van der Waals surface area contributed by atoms with E-state index in [2.05, 4.69) is 66.3 Å². The van der Waals surface area contributed by atoms with Crippen LogP contribution in [0.3, 0.4) is 0 Å². The van der Waals surface area contributed by atoms with Crippen LogP contribution in [0, 0.1) is 0 Å². The number of aryl methyl sites for hydroxylation is 2. The number of aliphatic imine (C=N–C) groups is 1. The van der Waals surface area contributed by atoms with Crippen LogP contribution in [0.1, 0.15) is 52.6 Å². The first-order valence-corrected chi connectivity index (χ1v) is 19.5. The van der Waals surface area contributed by atoms with Crippen molar-refractivity contribution in [2.45, 2.75) is 69.7 Å². The Morgan fingerprint density at radius 2 is 1.44 bits per heavy atom. The highest BCUT2D eigenvalue weighted by atomic mass is 79.9. The molecule has 2 aliphatic heterocycles. The first-order chi connectivity index (χ1) is 24.2. The van der Waals surface area contributed by atoms with Crippen molar-refractivity contribution in [3.63, 3.8) is 0 Å². The number of nitrogens with zero attached hydrogens (tertiary/aromatic N) is 2. The molecule has 2 N–H and O–H groups in total. The summed E-state index contributed by atoms with van der Waals surface area (Å²) < 4.78 is 13.3. The summed E-state index contributed by atoms with van der Waals surface area (Å²) in [5, 5.41) is 16.9. The molecule has 0 bridgehead atoms. The molecule has 0 aliphatic carbocycles. The number of nitrogens with one attached hydrogen (secondary N) is 1. The van der Waals surface area contributed by atoms with Gasteiger partial charge in [-0.05, 0) is 121 Å². The summed E-state index contributed by atoms with van der Waals surface area (Å²) >= 11 is 20.8. The Bertz CT molecular complexity index is 1840. The molecule has 0 aromatic heterocycles. The molecule has 0 amide bonds. The van der Waals surface area contributed by atoms with Gasteiger partial charge in [-0.3, -0.25) is 9.89 Å². The number of aliphatic hydroxyl groups is 1. The van der Waals surface area contributed by atoms with Crippen LogP contribution < -0.4 is 14.8 Å². The van der Waals surface area contributed by atoms with E-state index in [9.17, 15) is 5.11 Å². The third kappa shape index (κ3) is 8.71. The number of likely N-dealkylation sites (tertiary alicyclic amines) is 1. The number of aliphatic hydroxyl groups excluding tert-OH is 1. The molecular weight excluding hydrogens is 801 g/mol. The summed E-state index contributed by atoms with van der Waals surface area (Å²) in [5.41, 5.74) is 6.60. The Balaban J connectivity index is 1.18. The third-order valence-corrected chi connectivity index (χ3v) is 11.7. The van der Waals surface area contributed by atoms with Crippen molar-refractivity contribution < 1.29 is 14.6 Å². The second-order valence-electron chi connectivity index (χ2n) is 13.0. The lowest BCUT2D eigenvalue weighted by Gasteiger charge is -2.40. The molecule has 3 unspecified atom stereocenters. The molecule has 10 heteroatoms. The van der Waals surface area contributed by atoms with Gasteiger partial charge in [0.2, 0.25) is 0 Å². The topological polar surface area (TPSA) is 66.3 Å². The minimum atomic E-state index is -0.623. The predicted octanol–water partition coefficient (Wildman–Crippen LogP) is 9.24. The van der Waals surface area contributed by atoms with Gasteiger partial charge in [0.15, 0.2) is 0 Å². The highest BCUT2D eigenvalue weighted by molar-refractivity contribution is 9.10. The number of piperidine rings is 1. The maximum Gasteiger partial charge on any atom is 0.129 e. The van der Waals surface area contributed by atoms with Crippen LogP contribution in [0.4, 0.5) is 0 Å². The lowest BCUT2D eigenvalue weighted by Crippen LogP contribution is -2.51. The molecule has 0 spiro atoms. The van der Waals surface area contributed by atoms with Gasteiger partial charge in [-0.15, -0.1) is 0 Å². The average molecular weight is 845 g/mol. The average Bonchev–Trinajstić information content (AvgIpc) is 3.61. The zero-order chi connectivity index (χ0) is 35.2. The molecule has 50 heavy (non-hydrogen) atoms. The van der Waals surface area contributed by atoms with Crippen molar-refractivity contribution in [1.29, 1.82) is 0 Å². The smallest absolute Gasteiger partial charge is 0.129 e. The van der Waals surface area contributed by atoms with E-state index in [4.69, 9.17) is 37.7 Å². The van der Waals surface area contributed by atoms with Crippen molar-refractivity contribution in [2.24, 2.45) is 4.99 Å². The fraction of sp³-hybridized carbons (Fsp3) is 0.375. The normalized spacial score (nSPS) is 18.4. The van der Waals surface area contributed by atoms with Crippen LogP contribution >= 0.6 is 55.1 Å². The minimum absolute atomic E-state index is 0.0153. The lowest BCUT2D eigenvalue weighted by atomic mass is 9.92. The Labute approximate surface area is 322 Å². The summed E-state index contributed by atoms with van der Waals surface area (Å²) in [6.45, 7) is 2.21. The van der Waals surface area contributed by atoms with Crippen molar-refractivity contribution in [3.8, 4) is 11.5 Å². The molecule has 0 saturated carbocycles. The van der Waals surface area contributed by atoms with Gasteiger partial charge in [0.25, 0.3) is 0 Å². The number of hydrogen-bond acceptors (Lipinski definition) is 6. The van der Waals surface area contributed by atoms with Gasteiger partial charge >= 0.3 is 0 Å². The van der Waals surface area contributed by atoms with E-state index in [1.54, 1.807) is 14.2 Å². The fourth-order valence-electron chi connectivity index (χ4n) is 7.37. The Morgan fingerprint density at radius 3 is 2.10 bits per heavy atom. The Morgan fingerprint density at radius 1 is 0.820 bits per heavy atom. The largest absolute Gasteiger partial charge is 0.496 e. The first kappa shape index (κ1) is 37.2. The summed E-state index contributed by atoms with van der Waals surface area (Å²) in [6, 6.07) is 24.0. The predicted molar refractivity (Wildman–Crippen MR) is 211 cm³/mol. The molecule has 0 radical (unpaired) electrons. The number of rotatable bonds is 13. The van der Waals surface area contributed by atoms with Crippen LogP contribution in [0.25, 0.3) is 0 Å². The minimum Gasteiger partial charge on any atom is -0.496 e. The first-order valence-electron chi connectivity index (χ1n) is 17.2. The highest BCUT2D eigenvalue weighted by Gasteiger charge is 2.36. The number of halogens is 4. The molecule has 6 nitrogen and oxygen atoms in total. The molecule has 4 aromatic rings. The van der Waals surface area contributed by atoms with E-state index >= 15 is 0 Å². The van der Waals surface area contributed by atoms with Crippen LogP contribution in [0.2, 0.25) is 10.0 Å². The molecule has 2 heterocycles. The Kier molecular flexibility index (Phi) is 12.9. The van der Waals surface area contributed by atoms with E-state index in [1.165, 1.54) is 5.56 Å². The van der Waals surface area contributed by atoms with Crippen molar-refractivity contribution in [3.05, 3.63) is 125 Å². The van der Waals surface area contributed by atoms with Gasteiger partial charge in [0, 0.05) is 43.7 Å². The van der Waals surface area contributed by atoms with Crippen LogP contribution in [0.15, 0.2) is 86.7 Å². The molecule has 2 aliphatic rings. The SMILES string of the molecule is COc1ccc(Br)cc1CCc1c(Cl)cccc1CN1CCCCC1C(O)C1CNC(c2cccc(Cl)c2CCc2cc(Br)ccc2OC)=N1. The lowest BCUT2D eigenvalue weighted by molar-refractivity contribution is 0.0100. The molecule has 3 atom stereocenters. The second-order valence-corrected chi connectivity index (χ2v) is 15.7. The van der Waals surface area contributed by atoms with Gasteiger partial charge < -0.3 is 19.9 Å². The van der Waals surface area contributed by atoms with E-state index in [0.717, 1.165) is 117 Å². The van der Waals surface area contributed by atoms with E-state index < -0.39 is 6.10 Å². The molecule has 6 rings (SSSR count). The quantitative estimate of drug-likeness (QED) is 0.141. The van der Waals surface area contributed by atoms with E-state index in [1.807, 2.05) is 48.5 Å². The fourth-order valence-corrected chi connectivity index (χ4v) is 8.74. The number of amidine groups is 1.